The van der Waals surface area contributed by atoms with Gasteiger partial charge in [0.2, 0.25) is 0 Å². The van der Waals surface area contributed by atoms with Gasteiger partial charge in [-0.15, -0.1) is 0 Å². The third kappa shape index (κ3) is 6.06. The quantitative estimate of drug-likeness (QED) is 0.227. The normalized spacial score (nSPS) is 12.0. The largest absolute Gasteiger partial charge is 0.443 e. The average molecular weight is 602 g/mol. The maximum Gasteiger partial charge on any atom is 0.338 e. The van der Waals surface area contributed by atoms with Crippen LogP contribution in [-0.4, -0.2) is 35.6 Å². The number of carbonyl (C=O) groups excluding carboxylic acids is 2. The summed E-state index contributed by atoms with van der Waals surface area (Å²) >= 11 is 12.6. The predicted octanol–water partition coefficient (Wildman–Crippen LogP) is 4.81. The van der Waals surface area contributed by atoms with Crippen LogP contribution < -0.4 is 11.2 Å². The molecule has 0 N–H and O–H groups in total. The van der Waals surface area contributed by atoms with Gasteiger partial charge < -0.3 is 9.47 Å². The summed E-state index contributed by atoms with van der Waals surface area (Å²) in [5, 5.41) is 0.549. The fraction of sp³-hybridized carbons (Fsp3) is 0.357. The van der Waals surface area contributed by atoms with Gasteiger partial charge in [-0.1, -0.05) is 35.3 Å². The molecule has 11 nitrogen and oxygen atoms in total. The van der Waals surface area contributed by atoms with E-state index in [0.717, 1.165) is 9.13 Å². The van der Waals surface area contributed by atoms with E-state index in [2.05, 4.69) is 9.97 Å². The highest BCUT2D eigenvalue weighted by Crippen LogP contribution is 2.31. The fourth-order valence-electron chi connectivity index (χ4n) is 3.72. The molecule has 0 aliphatic carbocycles. The number of esters is 2. The maximum absolute atomic E-state index is 14.0. The van der Waals surface area contributed by atoms with Crippen LogP contribution in [0.3, 0.4) is 0 Å². The molecule has 1 aromatic carbocycles. The number of hydrogen-bond donors (Lipinski definition) is 0. The number of halogens is 2. The molecule has 3 aromatic heterocycles. The number of imidazole rings is 1. The molecule has 0 saturated heterocycles. The molecule has 3 heterocycles. The van der Waals surface area contributed by atoms with Gasteiger partial charge in [0.25, 0.3) is 5.56 Å². The second-order valence-electron chi connectivity index (χ2n) is 11.3. The van der Waals surface area contributed by atoms with Crippen molar-refractivity contribution < 1.29 is 19.1 Å². The molecule has 216 valence electrons. The van der Waals surface area contributed by atoms with Crippen molar-refractivity contribution >= 4 is 46.3 Å². The van der Waals surface area contributed by atoms with E-state index in [4.69, 9.17) is 32.7 Å². The predicted molar refractivity (Wildman–Crippen MR) is 154 cm³/mol. The zero-order valence-corrected chi connectivity index (χ0v) is 24.9. The Morgan fingerprint density at radius 1 is 0.854 bits per heavy atom. The summed E-state index contributed by atoms with van der Waals surface area (Å²) in [6.45, 7) is 8.69. The van der Waals surface area contributed by atoms with E-state index >= 15 is 0 Å². The van der Waals surface area contributed by atoms with Crippen molar-refractivity contribution in [3.63, 3.8) is 0 Å². The van der Waals surface area contributed by atoms with Crippen molar-refractivity contribution in [2.45, 2.75) is 55.0 Å². The van der Waals surface area contributed by atoms with E-state index in [9.17, 15) is 19.2 Å². The van der Waals surface area contributed by atoms with Gasteiger partial charge in [0.05, 0.1) is 27.7 Å². The Bertz CT molecular complexity index is 1760. The van der Waals surface area contributed by atoms with Crippen LogP contribution in [0.15, 0.2) is 52.2 Å². The van der Waals surface area contributed by atoms with Crippen LogP contribution in [0.4, 0.5) is 0 Å². The van der Waals surface area contributed by atoms with Crippen molar-refractivity contribution in [1.82, 2.24) is 23.7 Å². The molecule has 0 unspecified atom stereocenters. The molecule has 0 fully saturated rings. The first kappa shape index (κ1) is 30.0. The summed E-state index contributed by atoms with van der Waals surface area (Å²) in [5.74, 6) is -0.990. The number of rotatable bonds is 6. The van der Waals surface area contributed by atoms with Crippen LogP contribution in [0.1, 0.15) is 41.5 Å². The van der Waals surface area contributed by atoms with E-state index in [1.54, 1.807) is 71.9 Å². The summed E-state index contributed by atoms with van der Waals surface area (Å²) < 4.78 is 14.0. The SMILES string of the molecule is CC(C)(C)C(=O)OCn1c(=O)c2c(nc(-c3ccccc3Cl)n2-c2ccc(Cl)nc2)n(COC(=O)C(C)(C)C)c1=O. The second-order valence-corrected chi connectivity index (χ2v) is 12.1. The number of pyridine rings is 1. The third-order valence-corrected chi connectivity index (χ3v) is 6.54. The number of nitrogens with zero attached hydrogens (tertiary/aromatic N) is 5. The second kappa shape index (κ2) is 11.1. The number of hydrogen-bond acceptors (Lipinski definition) is 8. The van der Waals surface area contributed by atoms with Gasteiger partial charge in [-0.2, -0.15) is 0 Å². The summed E-state index contributed by atoms with van der Waals surface area (Å²) in [6.07, 6.45) is 1.43. The summed E-state index contributed by atoms with van der Waals surface area (Å²) in [5.41, 5.74) is -2.75. The Balaban J connectivity index is 2.06. The van der Waals surface area contributed by atoms with Gasteiger partial charge >= 0.3 is 17.6 Å². The van der Waals surface area contributed by atoms with Crippen molar-refractivity contribution in [1.29, 1.82) is 0 Å². The third-order valence-electron chi connectivity index (χ3n) is 5.98. The number of benzene rings is 1. The lowest BCUT2D eigenvalue weighted by atomic mass is 9.97. The molecule has 4 rings (SSSR count). The van der Waals surface area contributed by atoms with E-state index in [1.165, 1.54) is 16.8 Å². The highest BCUT2D eigenvalue weighted by atomic mass is 35.5. The molecule has 0 saturated carbocycles. The highest BCUT2D eigenvalue weighted by molar-refractivity contribution is 6.33. The highest BCUT2D eigenvalue weighted by Gasteiger charge is 2.29. The smallest absolute Gasteiger partial charge is 0.338 e. The molecule has 0 bridgehead atoms. The molecule has 4 aromatic rings. The lowest BCUT2D eigenvalue weighted by Crippen LogP contribution is -2.43. The zero-order chi connectivity index (χ0) is 30.3. The molecule has 13 heteroatoms. The lowest BCUT2D eigenvalue weighted by molar-refractivity contribution is -0.157. The van der Waals surface area contributed by atoms with E-state index in [0.29, 0.717) is 16.3 Å². The molecule has 41 heavy (non-hydrogen) atoms. The monoisotopic (exact) mass is 601 g/mol. The molecule has 0 aliphatic rings. The van der Waals surface area contributed by atoms with Crippen molar-refractivity contribution in [3.8, 4) is 17.1 Å². The number of fused-ring (bicyclic) bond motifs is 1. The van der Waals surface area contributed by atoms with E-state index < -0.39 is 47.5 Å². The fourth-order valence-corrected chi connectivity index (χ4v) is 4.06. The van der Waals surface area contributed by atoms with E-state index in [-0.39, 0.29) is 22.1 Å². The first-order valence-electron chi connectivity index (χ1n) is 12.6. The number of aromatic nitrogens is 5. The minimum Gasteiger partial charge on any atom is -0.443 e. The lowest BCUT2D eigenvalue weighted by Gasteiger charge is -2.19. The first-order chi connectivity index (χ1) is 19.1. The van der Waals surface area contributed by atoms with Gasteiger partial charge in [-0.05, 0) is 65.8 Å². The van der Waals surface area contributed by atoms with Crippen LogP contribution in [0, 0.1) is 10.8 Å². The number of carbonyl (C=O) groups is 2. The Kier molecular flexibility index (Phi) is 8.15. The van der Waals surface area contributed by atoms with Crippen LogP contribution in [0.5, 0.6) is 0 Å². The molecule has 0 atom stereocenters. The number of ether oxygens (including phenoxy) is 2. The van der Waals surface area contributed by atoms with Gasteiger partial charge in [-0.25, -0.2) is 23.9 Å². The molecular formula is C28H29Cl2N5O6. The van der Waals surface area contributed by atoms with Crippen molar-refractivity contribution in [2.24, 2.45) is 10.8 Å². The molecule has 0 spiro atoms. The summed E-state index contributed by atoms with van der Waals surface area (Å²) in [4.78, 5) is 61.5. The summed E-state index contributed by atoms with van der Waals surface area (Å²) in [7, 11) is 0. The Labute approximate surface area is 245 Å². The zero-order valence-electron chi connectivity index (χ0n) is 23.4. The van der Waals surface area contributed by atoms with Gasteiger partial charge in [0.1, 0.15) is 11.0 Å². The topological polar surface area (TPSA) is 127 Å². The van der Waals surface area contributed by atoms with Gasteiger partial charge in [0, 0.05) is 5.56 Å². The van der Waals surface area contributed by atoms with Crippen molar-refractivity contribution in [3.05, 3.63) is 73.6 Å². The van der Waals surface area contributed by atoms with Crippen LogP contribution in [0.2, 0.25) is 10.2 Å². The minimum atomic E-state index is -0.893. The molecular weight excluding hydrogens is 573 g/mol. The Morgan fingerprint density at radius 3 is 1.98 bits per heavy atom. The summed E-state index contributed by atoms with van der Waals surface area (Å²) in [6, 6.07) is 9.99. The van der Waals surface area contributed by atoms with Gasteiger partial charge in [0.15, 0.2) is 24.6 Å². The van der Waals surface area contributed by atoms with Crippen molar-refractivity contribution in [2.75, 3.05) is 0 Å². The molecule has 0 aliphatic heterocycles. The first-order valence-corrected chi connectivity index (χ1v) is 13.3. The van der Waals surface area contributed by atoms with Gasteiger partial charge in [-0.3, -0.25) is 19.0 Å². The van der Waals surface area contributed by atoms with E-state index in [1.807, 2.05) is 0 Å². The maximum atomic E-state index is 14.0. The average Bonchev–Trinajstić information content (AvgIpc) is 3.28. The molecule has 0 amide bonds. The molecule has 0 radical (unpaired) electrons. The Hall–Kier alpha value is -3.96. The van der Waals surface area contributed by atoms with Crippen LogP contribution >= 0.6 is 23.2 Å². The van der Waals surface area contributed by atoms with Crippen LogP contribution in [0.25, 0.3) is 28.2 Å². The van der Waals surface area contributed by atoms with Crippen LogP contribution in [-0.2, 0) is 32.5 Å². The Morgan fingerprint density at radius 2 is 1.44 bits per heavy atom. The standard InChI is InChI=1S/C28H29Cl2N5O6/c1-27(2,3)24(37)40-14-33-22-20(23(36)34(26(33)39)15-41-25(38)28(4,5)6)35(16-11-12-19(30)31-13-16)21(32-22)17-9-7-8-10-18(17)29/h7-13H,14-15H2,1-6H3. The minimum absolute atomic E-state index is 0.0674.